The zero-order chi connectivity index (χ0) is 13.5. The van der Waals surface area contributed by atoms with E-state index in [1.54, 1.807) is 4.90 Å². The average Bonchev–Trinajstić information content (AvgIpc) is 3.05. The van der Waals surface area contributed by atoms with E-state index >= 15 is 0 Å². The number of aliphatic hydroxyl groups is 1. The highest BCUT2D eigenvalue weighted by Crippen LogP contribution is 2.40. The third kappa shape index (κ3) is 2.64. The molecule has 1 saturated carbocycles. The van der Waals surface area contributed by atoms with E-state index in [9.17, 15) is 9.59 Å². The summed E-state index contributed by atoms with van der Waals surface area (Å²) in [7, 11) is 0. The van der Waals surface area contributed by atoms with Gasteiger partial charge in [0.25, 0.3) is 0 Å². The van der Waals surface area contributed by atoms with Crippen molar-refractivity contribution in [3.05, 3.63) is 0 Å². The van der Waals surface area contributed by atoms with Crippen LogP contribution in [0.25, 0.3) is 0 Å². The van der Waals surface area contributed by atoms with Crippen molar-refractivity contribution in [2.75, 3.05) is 19.7 Å². The standard InChI is InChI=1S/C12H19NO5/c1-12(2)6-13(4-7(5-14)18-12)10(15)8-3-9(8)11(16)17/h7-9,14H,3-6H2,1-2H3,(H,16,17). The molecule has 6 heteroatoms. The molecule has 2 N–H and O–H groups in total. The number of morpholine rings is 1. The Labute approximate surface area is 106 Å². The molecule has 18 heavy (non-hydrogen) atoms. The molecule has 102 valence electrons. The van der Waals surface area contributed by atoms with Gasteiger partial charge in [-0.15, -0.1) is 0 Å². The molecule has 2 fully saturated rings. The van der Waals surface area contributed by atoms with Crippen LogP contribution in [0.1, 0.15) is 20.3 Å². The van der Waals surface area contributed by atoms with Gasteiger partial charge in [0, 0.05) is 13.1 Å². The van der Waals surface area contributed by atoms with E-state index in [0.717, 1.165) is 0 Å². The van der Waals surface area contributed by atoms with Crippen molar-refractivity contribution in [3.8, 4) is 0 Å². The summed E-state index contributed by atoms with van der Waals surface area (Å²) >= 11 is 0. The number of nitrogens with zero attached hydrogens (tertiary/aromatic N) is 1. The predicted octanol–water partition coefficient (Wildman–Crippen LogP) is -0.295. The first-order valence-corrected chi connectivity index (χ1v) is 6.14. The molecular weight excluding hydrogens is 238 g/mol. The smallest absolute Gasteiger partial charge is 0.307 e. The van der Waals surface area contributed by atoms with Crippen molar-refractivity contribution < 1.29 is 24.5 Å². The topological polar surface area (TPSA) is 87.1 Å². The highest BCUT2D eigenvalue weighted by Gasteiger charge is 2.51. The number of carboxylic acids is 1. The maximum atomic E-state index is 12.1. The summed E-state index contributed by atoms with van der Waals surface area (Å²) in [6, 6.07) is 0. The van der Waals surface area contributed by atoms with Crippen LogP contribution in [-0.4, -0.2) is 58.4 Å². The largest absolute Gasteiger partial charge is 0.481 e. The lowest BCUT2D eigenvalue weighted by molar-refractivity contribution is -0.168. The van der Waals surface area contributed by atoms with Crippen LogP contribution < -0.4 is 0 Å². The maximum Gasteiger partial charge on any atom is 0.307 e. The van der Waals surface area contributed by atoms with E-state index in [4.69, 9.17) is 14.9 Å². The summed E-state index contributed by atoms with van der Waals surface area (Å²) in [6.45, 7) is 4.35. The molecule has 0 bridgehead atoms. The number of rotatable bonds is 3. The summed E-state index contributed by atoms with van der Waals surface area (Å²) in [5, 5.41) is 18.0. The molecule has 0 radical (unpaired) electrons. The molecule has 1 saturated heterocycles. The highest BCUT2D eigenvalue weighted by molar-refractivity contribution is 5.89. The number of amides is 1. The first-order valence-electron chi connectivity index (χ1n) is 6.14. The molecule has 0 aromatic rings. The summed E-state index contributed by atoms with van der Waals surface area (Å²) < 4.78 is 5.62. The summed E-state index contributed by atoms with van der Waals surface area (Å²) in [5.41, 5.74) is -0.505. The van der Waals surface area contributed by atoms with Gasteiger partial charge in [0.1, 0.15) is 0 Å². The van der Waals surface area contributed by atoms with Crippen LogP contribution in [0.15, 0.2) is 0 Å². The van der Waals surface area contributed by atoms with Crippen LogP contribution in [0.2, 0.25) is 0 Å². The Kier molecular flexibility index (Phi) is 3.33. The van der Waals surface area contributed by atoms with Crippen molar-refractivity contribution in [3.63, 3.8) is 0 Å². The quantitative estimate of drug-likeness (QED) is 0.725. The molecule has 1 heterocycles. The molecule has 1 aliphatic heterocycles. The Hall–Kier alpha value is -1.14. The first-order chi connectivity index (χ1) is 8.34. The van der Waals surface area contributed by atoms with Gasteiger partial charge in [-0.1, -0.05) is 0 Å². The van der Waals surface area contributed by atoms with Crippen molar-refractivity contribution in [2.45, 2.75) is 32.0 Å². The summed E-state index contributed by atoms with van der Waals surface area (Å²) in [6.07, 6.45) is 0.0372. The second-order valence-electron chi connectivity index (χ2n) is 5.69. The summed E-state index contributed by atoms with van der Waals surface area (Å²) in [5.74, 6) is -1.96. The third-order valence-electron chi connectivity index (χ3n) is 3.42. The van der Waals surface area contributed by atoms with E-state index in [1.807, 2.05) is 13.8 Å². The lowest BCUT2D eigenvalue weighted by Gasteiger charge is -2.42. The Morgan fingerprint density at radius 2 is 2.06 bits per heavy atom. The Morgan fingerprint density at radius 1 is 1.39 bits per heavy atom. The number of carboxylic acid groups (broad SMARTS) is 1. The second-order valence-corrected chi connectivity index (χ2v) is 5.69. The normalized spacial score (nSPS) is 34.2. The lowest BCUT2D eigenvalue weighted by Crippen LogP contribution is -2.56. The van der Waals surface area contributed by atoms with Gasteiger partial charge in [0.15, 0.2) is 0 Å². The number of aliphatic hydroxyl groups excluding tert-OH is 1. The second kappa shape index (κ2) is 4.51. The van der Waals surface area contributed by atoms with Crippen LogP contribution >= 0.6 is 0 Å². The van der Waals surface area contributed by atoms with Gasteiger partial charge in [-0.3, -0.25) is 9.59 Å². The fraction of sp³-hybridized carbons (Fsp3) is 0.833. The van der Waals surface area contributed by atoms with E-state index in [1.165, 1.54) is 0 Å². The molecule has 3 atom stereocenters. The zero-order valence-electron chi connectivity index (χ0n) is 10.6. The zero-order valence-corrected chi connectivity index (χ0v) is 10.6. The van der Waals surface area contributed by atoms with E-state index < -0.39 is 23.4 Å². The molecule has 1 amide bonds. The van der Waals surface area contributed by atoms with Crippen LogP contribution in [0.3, 0.4) is 0 Å². The Balaban J connectivity index is 2.00. The molecule has 2 rings (SSSR count). The van der Waals surface area contributed by atoms with Gasteiger partial charge in [0.2, 0.25) is 5.91 Å². The minimum Gasteiger partial charge on any atom is -0.481 e. The van der Waals surface area contributed by atoms with Crippen LogP contribution in [0.4, 0.5) is 0 Å². The summed E-state index contributed by atoms with van der Waals surface area (Å²) in [4.78, 5) is 24.5. The van der Waals surface area contributed by atoms with Gasteiger partial charge >= 0.3 is 5.97 Å². The highest BCUT2D eigenvalue weighted by atomic mass is 16.5. The SMILES string of the molecule is CC1(C)CN(C(=O)C2CC2C(=O)O)CC(CO)O1. The van der Waals surface area contributed by atoms with Crippen LogP contribution in [0.5, 0.6) is 0 Å². The van der Waals surface area contributed by atoms with Crippen LogP contribution in [0, 0.1) is 11.8 Å². The van der Waals surface area contributed by atoms with E-state index in [2.05, 4.69) is 0 Å². The molecule has 6 nitrogen and oxygen atoms in total. The average molecular weight is 257 g/mol. The molecule has 0 aromatic carbocycles. The van der Waals surface area contributed by atoms with E-state index in [0.29, 0.717) is 19.5 Å². The predicted molar refractivity (Wildman–Crippen MR) is 61.9 cm³/mol. The number of ether oxygens (including phenoxy) is 1. The lowest BCUT2D eigenvalue weighted by atomic mass is 10.0. The maximum absolute atomic E-state index is 12.1. The molecule has 1 aliphatic carbocycles. The molecule has 3 unspecified atom stereocenters. The monoisotopic (exact) mass is 257 g/mol. The van der Waals surface area contributed by atoms with Crippen LogP contribution in [-0.2, 0) is 14.3 Å². The van der Waals surface area contributed by atoms with Gasteiger partial charge < -0.3 is 19.8 Å². The fourth-order valence-corrected chi connectivity index (χ4v) is 2.53. The van der Waals surface area contributed by atoms with Crippen molar-refractivity contribution in [1.82, 2.24) is 4.90 Å². The number of hydrogen-bond acceptors (Lipinski definition) is 4. The number of carbonyl (C=O) groups is 2. The van der Waals surface area contributed by atoms with Gasteiger partial charge in [-0.2, -0.15) is 0 Å². The van der Waals surface area contributed by atoms with Gasteiger partial charge in [-0.25, -0.2) is 0 Å². The fourth-order valence-electron chi connectivity index (χ4n) is 2.53. The minimum atomic E-state index is -0.903. The third-order valence-corrected chi connectivity index (χ3v) is 3.42. The van der Waals surface area contributed by atoms with Crippen molar-refractivity contribution in [1.29, 1.82) is 0 Å². The molecule has 2 aliphatic rings. The number of aliphatic carboxylic acids is 1. The number of carbonyl (C=O) groups excluding carboxylic acids is 1. The van der Waals surface area contributed by atoms with Crippen molar-refractivity contribution in [2.24, 2.45) is 11.8 Å². The van der Waals surface area contributed by atoms with Gasteiger partial charge in [0.05, 0.1) is 30.1 Å². The first kappa shape index (κ1) is 13.3. The Bertz CT molecular complexity index is 367. The molecular formula is C12H19NO5. The Morgan fingerprint density at radius 3 is 2.56 bits per heavy atom. The molecule has 0 aromatic heterocycles. The van der Waals surface area contributed by atoms with Crippen molar-refractivity contribution >= 4 is 11.9 Å². The van der Waals surface area contributed by atoms with Gasteiger partial charge in [-0.05, 0) is 20.3 Å². The van der Waals surface area contributed by atoms with E-state index in [-0.39, 0.29) is 18.6 Å². The molecule has 0 spiro atoms. The minimum absolute atomic E-state index is 0.128. The number of hydrogen-bond donors (Lipinski definition) is 2.